The molecule has 0 unspecified atom stereocenters. The van der Waals surface area contributed by atoms with Gasteiger partial charge >= 0.3 is 5.97 Å². The van der Waals surface area contributed by atoms with Crippen LogP contribution < -0.4 is 5.56 Å². The van der Waals surface area contributed by atoms with Crippen LogP contribution in [-0.4, -0.2) is 20.6 Å². The van der Waals surface area contributed by atoms with Gasteiger partial charge in [0.15, 0.2) is 0 Å². The van der Waals surface area contributed by atoms with Crippen molar-refractivity contribution in [2.75, 3.05) is 0 Å². The zero-order valence-electron chi connectivity index (χ0n) is 8.05. The van der Waals surface area contributed by atoms with Gasteiger partial charge in [0.05, 0.1) is 17.2 Å². The first kappa shape index (κ1) is 10.3. The molecule has 2 rings (SSSR count). The standard InChI is InChI=1S/C10H7FN2O3/c11-6-1-2-8-7(3-6)10(16)13(5-12-8)4-9(14)15/h1-3,5H,4H2,(H,14,15). The van der Waals surface area contributed by atoms with Crippen LogP contribution in [0.5, 0.6) is 0 Å². The summed E-state index contributed by atoms with van der Waals surface area (Å²) in [5.41, 5.74) is -0.222. The van der Waals surface area contributed by atoms with E-state index in [1.54, 1.807) is 0 Å². The Morgan fingerprint density at radius 3 is 2.94 bits per heavy atom. The number of aromatic nitrogens is 2. The second-order valence-electron chi connectivity index (χ2n) is 3.23. The lowest BCUT2D eigenvalue weighted by Crippen LogP contribution is -2.24. The Labute approximate surface area is 88.8 Å². The fourth-order valence-electron chi connectivity index (χ4n) is 1.39. The molecule has 0 radical (unpaired) electrons. The fourth-order valence-corrected chi connectivity index (χ4v) is 1.39. The van der Waals surface area contributed by atoms with Crippen LogP contribution in [0.2, 0.25) is 0 Å². The number of nitrogens with zero attached hydrogens (tertiary/aromatic N) is 2. The zero-order valence-corrected chi connectivity index (χ0v) is 8.05. The van der Waals surface area contributed by atoms with Crippen molar-refractivity contribution >= 4 is 16.9 Å². The van der Waals surface area contributed by atoms with Crippen LogP contribution in [0.15, 0.2) is 29.3 Å². The van der Waals surface area contributed by atoms with Crippen LogP contribution in [-0.2, 0) is 11.3 Å². The number of carboxylic acids is 1. The number of aliphatic carboxylic acids is 1. The van der Waals surface area contributed by atoms with E-state index in [0.717, 1.165) is 17.0 Å². The third kappa shape index (κ3) is 1.77. The van der Waals surface area contributed by atoms with Crippen LogP contribution >= 0.6 is 0 Å². The average Bonchev–Trinajstić information content (AvgIpc) is 2.22. The minimum Gasteiger partial charge on any atom is -0.480 e. The highest BCUT2D eigenvalue weighted by Crippen LogP contribution is 2.08. The summed E-state index contributed by atoms with van der Waals surface area (Å²) >= 11 is 0. The van der Waals surface area contributed by atoms with Gasteiger partial charge in [0.1, 0.15) is 12.4 Å². The first-order chi connectivity index (χ1) is 7.58. The molecule has 5 nitrogen and oxygen atoms in total. The van der Waals surface area contributed by atoms with Crippen LogP contribution in [0.4, 0.5) is 4.39 Å². The molecule has 6 heteroatoms. The van der Waals surface area contributed by atoms with Gasteiger partial charge in [-0.3, -0.25) is 14.2 Å². The molecule has 1 heterocycles. The largest absolute Gasteiger partial charge is 0.480 e. The van der Waals surface area contributed by atoms with Crippen LogP contribution in [0.3, 0.4) is 0 Å². The van der Waals surface area contributed by atoms with E-state index in [9.17, 15) is 14.0 Å². The summed E-state index contributed by atoms with van der Waals surface area (Å²) < 4.78 is 13.8. The Hall–Kier alpha value is -2.24. The number of carbonyl (C=O) groups is 1. The molecule has 0 bridgehead atoms. The van der Waals surface area contributed by atoms with Gasteiger partial charge in [-0.2, -0.15) is 0 Å². The van der Waals surface area contributed by atoms with E-state index in [1.165, 1.54) is 12.1 Å². The molecule has 0 aliphatic rings. The van der Waals surface area contributed by atoms with Gasteiger partial charge in [0, 0.05) is 0 Å². The number of hydrogen-bond donors (Lipinski definition) is 1. The minimum absolute atomic E-state index is 0.0729. The lowest BCUT2D eigenvalue weighted by molar-refractivity contribution is -0.137. The van der Waals surface area contributed by atoms with Gasteiger partial charge in [0.25, 0.3) is 5.56 Å². The zero-order chi connectivity index (χ0) is 11.7. The van der Waals surface area contributed by atoms with Crippen molar-refractivity contribution in [1.29, 1.82) is 0 Å². The van der Waals surface area contributed by atoms with Gasteiger partial charge in [-0.05, 0) is 18.2 Å². The van der Waals surface area contributed by atoms with Crippen LogP contribution in [0.25, 0.3) is 10.9 Å². The molecule has 2 aromatic rings. The maximum atomic E-state index is 12.9. The summed E-state index contributed by atoms with van der Waals surface area (Å²) in [5.74, 6) is -1.71. The molecule has 0 aliphatic heterocycles. The number of halogens is 1. The summed E-state index contributed by atoms with van der Waals surface area (Å²) in [6, 6.07) is 3.61. The van der Waals surface area contributed by atoms with Crippen molar-refractivity contribution in [2.24, 2.45) is 0 Å². The van der Waals surface area contributed by atoms with Crippen molar-refractivity contribution in [2.45, 2.75) is 6.54 Å². The number of hydrogen-bond acceptors (Lipinski definition) is 3. The number of carboxylic acid groups (broad SMARTS) is 1. The quantitative estimate of drug-likeness (QED) is 0.808. The average molecular weight is 222 g/mol. The first-order valence-electron chi connectivity index (χ1n) is 4.44. The second kappa shape index (κ2) is 3.73. The summed E-state index contributed by atoms with van der Waals surface area (Å²) in [6.07, 6.45) is 1.14. The molecule has 0 amide bonds. The molecule has 0 saturated carbocycles. The predicted molar refractivity (Wildman–Crippen MR) is 53.6 cm³/mol. The maximum absolute atomic E-state index is 12.9. The molecule has 0 fully saturated rings. The molecule has 16 heavy (non-hydrogen) atoms. The summed E-state index contributed by atoms with van der Waals surface area (Å²) in [5, 5.41) is 8.63. The predicted octanol–water partition coefficient (Wildman–Crippen LogP) is 0.620. The molecule has 0 atom stereocenters. The SMILES string of the molecule is O=C(O)Cn1cnc2ccc(F)cc2c1=O. The van der Waals surface area contributed by atoms with Gasteiger partial charge in [-0.1, -0.05) is 0 Å². The van der Waals surface area contributed by atoms with E-state index in [4.69, 9.17) is 5.11 Å². The highest BCUT2D eigenvalue weighted by molar-refractivity contribution is 5.77. The van der Waals surface area contributed by atoms with Crippen molar-refractivity contribution in [3.05, 3.63) is 40.7 Å². The third-order valence-electron chi connectivity index (χ3n) is 2.09. The van der Waals surface area contributed by atoms with E-state index < -0.39 is 23.9 Å². The summed E-state index contributed by atoms with van der Waals surface area (Å²) in [6.45, 7) is -0.488. The molecule has 1 aromatic heterocycles. The van der Waals surface area contributed by atoms with E-state index in [2.05, 4.69) is 4.98 Å². The molecular weight excluding hydrogens is 215 g/mol. The number of rotatable bonds is 2. The van der Waals surface area contributed by atoms with Crippen LogP contribution in [0.1, 0.15) is 0 Å². The van der Waals surface area contributed by atoms with E-state index in [-0.39, 0.29) is 5.39 Å². The molecule has 0 spiro atoms. The highest BCUT2D eigenvalue weighted by Gasteiger charge is 2.07. The Kier molecular flexibility index (Phi) is 2.40. The topological polar surface area (TPSA) is 72.2 Å². The minimum atomic E-state index is -1.15. The smallest absolute Gasteiger partial charge is 0.323 e. The summed E-state index contributed by atoms with van der Waals surface area (Å²) in [7, 11) is 0. The third-order valence-corrected chi connectivity index (χ3v) is 2.09. The maximum Gasteiger partial charge on any atom is 0.323 e. The molecule has 1 N–H and O–H groups in total. The van der Waals surface area contributed by atoms with Crippen molar-refractivity contribution < 1.29 is 14.3 Å². The molecule has 0 saturated heterocycles. The van der Waals surface area contributed by atoms with Crippen molar-refractivity contribution in [3.63, 3.8) is 0 Å². The molecule has 82 valence electrons. The van der Waals surface area contributed by atoms with Gasteiger partial charge in [-0.25, -0.2) is 9.37 Å². The molecular formula is C10H7FN2O3. The van der Waals surface area contributed by atoms with Crippen LogP contribution in [0, 0.1) is 5.82 Å². The lowest BCUT2D eigenvalue weighted by Gasteiger charge is -2.03. The number of fused-ring (bicyclic) bond motifs is 1. The Bertz CT molecular complexity index is 621. The van der Waals surface area contributed by atoms with Gasteiger partial charge in [-0.15, -0.1) is 0 Å². The van der Waals surface area contributed by atoms with E-state index in [0.29, 0.717) is 5.52 Å². The Morgan fingerprint density at radius 2 is 2.25 bits per heavy atom. The van der Waals surface area contributed by atoms with E-state index >= 15 is 0 Å². The van der Waals surface area contributed by atoms with E-state index in [1.807, 2.05) is 0 Å². The molecule has 1 aromatic carbocycles. The second-order valence-corrected chi connectivity index (χ2v) is 3.23. The van der Waals surface area contributed by atoms with Crippen molar-refractivity contribution in [1.82, 2.24) is 9.55 Å². The lowest BCUT2D eigenvalue weighted by atomic mass is 10.2. The fraction of sp³-hybridized carbons (Fsp3) is 0.100. The van der Waals surface area contributed by atoms with Crippen molar-refractivity contribution in [3.8, 4) is 0 Å². The normalized spacial score (nSPS) is 10.6. The number of benzene rings is 1. The van der Waals surface area contributed by atoms with Gasteiger partial charge < -0.3 is 5.11 Å². The Morgan fingerprint density at radius 1 is 1.50 bits per heavy atom. The monoisotopic (exact) mass is 222 g/mol. The Balaban J connectivity index is 2.68. The highest BCUT2D eigenvalue weighted by atomic mass is 19.1. The van der Waals surface area contributed by atoms with Gasteiger partial charge in [0.2, 0.25) is 0 Å². The summed E-state index contributed by atoms with van der Waals surface area (Å²) in [4.78, 5) is 26.0. The first-order valence-corrected chi connectivity index (χ1v) is 4.44. The molecule has 0 aliphatic carbocycles.